The molecule has 0 aliphatic heterocycles. The third kappa shape index (κ3) is 2.69. The molecule has 0 bridgehead atoms. The van der Waals surface area contributed by atoms with Crippen molar-refractivity contribution in [2.45, 2.75) is 26.7 Å². The summed E-state index contributed by atoms with van der Waals surface area (Å²) in [6.07, 6.45) is 1.52. The lowest BCUT2D eigenvalue weighted by molar-refractivity contribution is -0.114. The molecular formula is C13H17NO. The summed E-state index contributed by atoms with van der Waals surface area (Å²) in [6, 6.07) is 9.93. The Balaban J connectivity index is 3.23. The number of benzene rings is 1. The lowest BCUT2D eigenvalue weighted by Crippen LogP contribution is -2.15. The minimum absolute atomic E-state index is 0.307. The zero-order valence-corrected chi connectivity index (χ0v) is 9.29. The van der Waals surface area contributed by atoms with Gasteiger partial charge in [-0.25, -0.2) is 0 Å². The van der Waals surface area contributed by atoms with Crippen molar-refractivity contribution in [1.29, 1.82) is 0 Å². The number of carbonyl (C=O) groups is 1. The predicted octanol–water partition coefficient (Wildman–Crippen LogP) is 2.75. The molecule has 1 aromatic carbocycles. The Kier molecular flexibility index (Phi) is 4.10. The van der Waals surface area contributed by atoms with Crippen molar-refractivity contribution in [3.63, 3.8) is 0 Å². The van der Waals surface area contributed by atoms with Gasteiger partial charge in [0.2, 0.25) is 5.91 Å². The quantitative estimate of drug-likeness (QED) is 0.751. The third-order valence-electron chi connectivity index (χ3n) is 2.49. The minimum atomic E-state index is -0.307. The Labute approximate surface area is 90.8 Å². The maximum atomic E-state index is 11.3. The highest BCUT2D eigenvalue weighted by atomic mass is 16.1. The van der Waals surface area contributed by atoms with E-state index in [4.69, 9.17) is 5.73 Å². The molecule has 0 heterocycles. The van der Waals surface area contributed by atoms with Gasteiger partial charge in [-0.1, -0.05) is 44.2 Å². The number of allylic oxidation sites excluding steroid dienone is 1. The highest BCUT2D eigenvalue weighted by Gasteiger charge is 2.10. The second-order valence-corrected chi connectivity index (χ2v) is 3.39. The maximum absolute atomic E-state index is 11.3. The largest absolute Gasteiger partial charge is 0.366 e. The predicted molar refractivity (Wildman–Crippen MR) is 63.1 cm³/mol. The summed E-state index contributed by atoms with van der Waals surface area (Å²) in [6.45, 7) is 4.00. The van der Waals surface area contributed by atoms with Crippen molar-refractivity contribution in [3.05, 3.63) is 41.5 Å². The van der Waals surface area contributed by atoms with Gasteiger partial charge < -0.3 is 5.73 Å². The highest BCUT2D eigenvalue weighted by Crippen LogP contribution is 2.23. The second-order valence-electron chi connectivity index (χ2n) is 3.39. The van der Waals surface area contributed by atoms with Crippen molar-refractivity contribution in [1.82, 2.24) is 0 Å². The smallest absolute Gasteiger partial charge is 0.244 e. The summed E-state index contributed by atoms with van der Waals surface area (Å²) >= 11 is 0. The Morgan fingerprint density at radius 1 is 1.13 bits per heavy atom. The van der Waals surface area contributed by atoms with Crippen LogP contribution in [0.1, 0.15) is 32.3 Å². The molecule has 2 nitrogen and oxygen atoms in total. The number of hydrogen-bond acceptors (Lipinski definition) is 1. The lowest BCUT2D eigenvalue weighted by atomic mass is 9.96. The van der Waals surface area contributed by atoms with E-state index in [1.165, 1.54) is 0 Å². The molecule has 0 radical (unpaired) electrons. The van der Waals surface area contributed by atoms with Crippen molar-refractivity contribution >= 4 is 11.5 Å². The van der Waals surface area contributed by atoms with E-state index in [1.54, 1.807) is 0 Å². The Morgan fingerprint density at radius 3 is 2.13 bits per heavy atom. The Hall–Kier alpha value is -1.57. The van der Waals surface area contributed by atoms with Crippen molar-refractivity contribution < 1.29 is 4.79 Å². The van der Waals surface area contributed by atoms with Crippen molar-refractivity contribution in [2.24, 2.45) is 5.73 Å². The SMILES string of the molecule is CCC(C(N)=O)=C(CC)c1ccccc1. The number of primary amides is 1. The van der Waals surface area contributed by atoms with Crippen LogP contribution >= 0.6 is 0 Å². The van der Waals surface area contributed by atoms with Crippen LogP contribution in [0.25, 0.3) is 5.57 Å². The van der Waals surface area contributed by atoms with E-state index in [0.29, 0.717) is 6.42 Å². The molecule has 1 rings (SSSR count). The monoisotopic (exact) mass is 203 g/mol. The van der Waals surface area contributed by atoms with Gasteiger partial charge >= 0.3 is 0 Å². The summed E-state index contributed by atoms with van der Waals surface area (Å²) in [5, 5.41) is 0. The van der Waals surface area contributed by atoms with Crippen LogP contribution in [-0.4, -0.2) is 5.91 Å². The summed E-state index contributed by atoms with van der Waals surface area (Å²) < 4.78 is 0. The van der Waals surface area contributed by atoms with Crippen LogP contribution in [0, 0.1) is 0 Å². The van der Waals surface area contributed by atoms with Crippen LogP contribution < -0.4 is 5.73 Å². The van der Waals surface area contributed by atoms with E-state index in [2.05, 4.69) is 0 Å². The molecular weight excluding hydrogens is 186 g/mol. The van der Waals surface area contributed by atoms with Crippen LogP contribution in [0.2, 0.25) is 0 Å². The van der Waals surface area contributed by atoms with Crippen LogP contribution in [0.3, 0.4) is 0 Å². The molecule has 0 fully saturated rings. The number of nitrogens with two attached hydrogens (primary N) is 1. The van der Waals surface area contributed by atoms with E-state index < -0.39 is 0 Å². The van der Waals surface area contributed by atoms with Gasteiger partial charge in [0.05, 0.1) is 0 Å². The average Bonchev–Trinajstić information content (AvgIpc) is 2.26. The zero-order valence-electron chi connectivity index (χ0n) is 9.29. The summed E-state index contributed by atoms with van der Waals surface area (Å²) in [5.74, 6) is -0.307. The summed E-state index contributed by atoms with van der Waals surface area (Å²) in [7, 11) is 0. The number of carbonyl (C=O) groups excluding carboxylic acids is 1. The number of hydrogen-bond donors (Lipinski definition) is 1. The molecule has 80 valence electrons. The van der Waals surface area contributed by atoms with E-state index in [0.717, 1.165) is 23.1 Å². The molecule has 0 aromatic heterocycles. The molecule has 0 unspecified atom stereocenters. The van der Waals surface area contributed by atoms with Crippen LogP contribution in [0.4, 0.5) is 0 Å². The van der Waals surface area contributed by atoms with E-state index in [9.17, 15) is 4.79 Å². The van der Waals surface area contributed by atoms with Gasteiger partial charge in [-0.3, -0.25) is 4.79 Å². The fraction of sp³-hybridized carbons (Fsp3) is 0.308. The van der Waals surface area contributed by atoms with Crippen LogP contribution in [-0.2, 0) is 4.79 Å². The lowest BCUT2D eigenvalue weighted by Gasteiger charge is -2.10. The molecule has 0 spiro atoms. The van der Waals surface area contributed by atoms with Crippen molar-refractivity contribution in [3.8, 4) is 0 Å². The van der Waals surface area contributed by atoms with Gasteiger partial charge in [-0.15, -0.1) is 0 Å². The van der Waals surface area contributed by atoms with Gasteiger partial charge in [0.25, 0.3) is 0 Å². The molecule has 1 amide bonds. The standard InChI is InChI=1S/C13H17NO/c1-3-11(12(4-2)13(14)15)10-8-6-5-7-9-10/h5-9H,3-4H2,1-2H3,(H2,14,15). The molecule has 2 heteroatoms. The number of rotatable bonds is 4. The van der Waals surface area contributed by atoms with Gasteiger partial charge in [-0.05, 0) is 24.0 Å². The van der Waals surface area contributed by atoms with E-state index in [1.807, 2.05) is 44.2 Å². The Bertz CT molecular complexity index is 365. The normalized spacial score (nSPS) is 12.1. The topological polar surface area (TPSA) is 43.1 Å². The molecule has 1 aromatic rings. The minimum Gasteiger partial charge on any atom is -0.366 e. The first kappa shape index (κ1) is 11.5. The van der Waals surface area contributed by atoms with Gasteiger partial charge in [0, 0.05) is 5.57 Å². The van der Waals surface area contributed by atoms with Gasteiger partial charge in [0.15, 0.2) is 0 Å². The fourth-order valence-electron chi connectivity index (χ4n) is 1.77. The maximum Gasteiger partial charge on any atom is 0.244 e. The molecule has 2 N–H and O–H groups in total. The molecule has 0 saturated heterocycles. The van der Waals surface area contributed by atoms with Gasteiger partial charge in [-0.2, -0.15) is 0 Å². The first-order valence-electron chi connectivity index (χ1n) is 5.27. The molecule has 15 heavy (non-hydrogen) atoms. The van der Waals surface area contributed by atoms with Crippen LogP contribution in [0.15, 0.2) is 35.9 Å². The molecule has 0 atom stereocenters. The molecule has 0 aliphatic rings. The fourth-order valence-corrected chi connectivity index (χ4v) is 1.77. The van der Waals surface area contributed by atoms with Crippen LogP contribution in [0.5, 0.6) is 0 Å². The second kappa shape index (κ2) is 5.35. The summed E-state index contributed by atoms with van der Waals surface area (Å²) in [4.78, 5) is 11.3. The highest BCUT2D eigenvalue weighted by molar-refractivity contribution is 6.00. The number of amides is 1. The van der Waals surface area contributed by atoms with Crippen molar-refractivity contribution in [2.75, 3.05) is 0 Å². The first-order chi connectivity index (χ1) is 7.20. The first-order valence-corrected chi connectivity index (χ1v) is 5.27. The average molecular weight is 203 g/mol. The Morgan fingerprint density at radius 2 is 1.73 bits per heavy atom. The summed E-state index contributed by atoms with van der Waals surface area (Å²) in [5.41, 5.74) is 8.26. The molecule has 0 aliphatic carbocycles. The zero-order chi connectivity index (χ0) is 11.3. The van der Waals surface area contributed by atoms with E-state index >= 15 is 0 Å². The van der Waals surface area contributed by atoms with Gasteiger partial charge in [0.1, 0.15) is 0 Å². The van der Waals surface area contributed by atoms with E-state index in [-0.39, 0.29) is 5.91 Å². The molecule has 0 saturated carbocycles. The third-order valence-corrected chi connectivity index (χ3v) is 2.49.